The molecule has 1 heterocycles. The molecule has 0 unspecified atom stereocenters. The van der Waals surface area contributed by atoms with E-state index >= 15 is 0 Å². The van der Waals surface area contributed by atoms with E-state index in [1.54, 1.807) is 11.9 Å². The van der Waals surface area contributed by atoms with Crippen LogP contribution in [0.25, 0.3) is 0 Å². The van der Waals surface area contributed by atoms with Gasteiger partial charge in [-0.2, -0.15) is 5.10 Å². The Labute approximate surface area is 158 Å². The molecule has 0 spiro atoms. The smallest absolute Gasteiger partial charge is 0.354 e. The van der Waals surface area contributed by atoms with Crippen molar-refractivity contribution in [1.29, 1.82) is 0 Å². The molecule has 2 rings (SSSR count). The summed E-state index contributed by atoms with van der Waals surface area (Å²) in [5.41, 5.74) is 0.953. The number of hydrogen-bond acceptors (Lipinski definition) is 7. The number of anilines is 1. The molecule has 0 fully saturated rings. The second-order valence-electron chi connectivity index (χ2n) is 5.99. The predicted octanol–water partition coefficient (Wildman–Crippen LogP) is 1.64. The summed E-state index contributed by atoms with van der Waals surface area (Å²) in [6.45, 7) is 2.41. The zero-order valence-corrected chi connectivity index (χ0v) is 15.6. The van der Waals surface area contributed by atoms with Gasteiger partial charge in [0.25, 0.3) is 0 Å². The number of hydrogen-bond donors (Lipinski definition) is 1. The molecule has 0 aliphatic carbocycles. The summed E-state index contributed by atoms with van der Waals surface area (Å²) >= 11 is 0. The number of nitrogens with zero attached hydrogens (tertiary/aromatic N) is 2. The number of hydrazone groups is 1. The summed E-state index contributed by atoms with van der Waals surface area (Å²) in [6, 6.07) is 8.59. The number of para-hydroxylation sites is 1. The van der Waals surface area contributed by atoms with Crippen molar-refractivity contribution in [3.63, 3.8) is 0 Å². The van der Waals surface area contributed by atoms with Gasteiger partial charge in [0, 0.05) is 19.4 Å². The number of carbonyl (C=O) groups is 3. The van der Waals surface area contributed by atoms with E-state index in [1.165, 1.54) is 7.11 Å². The van der Waals surface area contributed by atoms with Crippen LogP contribution in [0, 0.1) is 0 Å². The number of unbranched alkanes of at least 4 members (excludes halogenated alkanes) is 1. The SMILES string of the molecule is CCOC(=O)C1=NN(c2ccccc2)[C@H](C(=O)NCCCCC(=O)OC)C1. The Balaban J connectivity index is 1.97. The Kier molecular flexibility index (Phi) is 7.79. The van der Waals surface area contributed by atoms with E-state index in [4.69, 9.17) is 4.74 Å². The van der Waals surface area contributed by atoms with Gasteiger partial charge in [0.1, 0.15) is 11.8 Å². The summed E-state index contributed by atoms with van der Waals surface area (Å²) < 4.78 is 9.60. The summed E-state index contributed by atoms with van der Waals surface area (Å²) in [6.07, 6.45) is 1.79. The molecule has 0 radical (unpaired) electrons. The van der Waals surface area contributed by atoms with Gasteiger partial charge >= 0.3 is 11.9 Å². The molecule has 1 aromatic rings. The molecular formula is C19H25N3O5. The summed E-state index contributed by atoms with van der Waals surface area (Å²) in [7, 11) is 1.35. The van der Waals surface area contributed by atoms with Gasteiger partial charge in [-0.15, -0.1) is 0 Å². The highest BCUT2D eigenvalue weighted by molar-refractivity contribution is 6.38. The molecule has 0 aromatic heterocycles. The van der Waals surface area contributed by atoms with Gasteiger partial charge in [-0.3, -0.25) is 14.6 Å². The van der Waals surface area contributed by atoms with Crippen LogP contribution in [0.5, 0.6) is 0 Å². The summed E-state index contributed by atoms with van der Waals surface area (Å²) in [5, 5.41) is 8.71. The molecule has 1 aliphatic heterocycles. The van der Waals surface area contributed by atoms with Crippen molar-refractivity contribution >= 4 is 29.2 Å². The fourth-order valence-electron chi connectivity index (χ4n) is 2.70. The van der Waals surface area contributed by atoms with E-state index in [1.807, 2.05) is 30.3 Å². The lowest BCUT2D eigenvalue weighted by molar-refractivity contribution is -0.140. The van der Waals surface area contributed by atoms with E-state index in [-0.39, 0.29) is 30.6 Å². The van der Waals surface area contributed by atoms with Gasteiger partial charge in [0.15, 0.2) is 0 Å². The van der Waals surface area contributed by atoms with Crippen LogP contribution in [-0.4, -0.2) is 49.9 Å². The largest absolute Gasteiger partial charge is 0.469 e. The average Bonchev–Trinajstić information content (AvgIpc) is 3.14. The van der Waals surface area contributed by atoms with Crippen molar-refractivity contribution < 1.29 is 23.9 Å². The maximum absolute atomic E-state index is 12.6. The molecule has 1 amide bonds. The van der Waals surface area contributed by atoms with E-state index < -0.39 is 12.0 Å². The third kappa shape index (κ3) is 5.80. The number of esters is 2. The van der Waals surface area contributed by atoms with Gasteiger partial charge < -0.3 is 14.8 Å². The first kappa shape index (κ1) is 20.4. The molecule has 1 aliphatic rings. The van der Waals surface area contributed by atoms with Crippen molar-refractivity contribution in [3.05, 3.63) is 30.3 Å². The van der Waals surface area contributed by atoms with Crippen LogP contribution in [0.3, 0.4) is 0 Å². The van der Waals surface area contributed by atoms with Gasteiger partial charge in [-0.25, -0.2) is 4.79 Å². The lowest BCUT2D eigenvalue weighted by Crippen LogP contribution is -2.43. The second-order valence-corrected chi connectivity index (χ2v) is 5.99. The number of amides is 1. The van der Waals surface area contributed by atoms with Crippen LogP contribution in [0.2, 0.25) is 0 Å². The van der Waals surface area contributed by atoms with Crippen molar-refractivity contribution in [2.75, 3.05) is 25.3 Å². The molecule has 1 atom stereocenters. The van der Waals surface area contributed by atoms with Crippen LogP contribution < -0.4 is 10.3 Å². The molecular weight excluding hydrogens is 350 g/mol. The Hall–Kier alpha value is -2.90. The zero-order valence-electron chi connectivity index (χ0n) is 15.6. The Morgan fingerprint density at radius 2 is 1.96 bits per heavy atom. The number of rotatable bonds is 9. The highest BCUT2D eigenvalue weighted by atomic mass is 16.5. The minimum absolute atomic E-state index is 0.182. The van der Waals surface area contributed by atoms with Crippen LogP contribution in [0.1, 0.15) is 32.6 Å². The van der Waals surface area contributed by atoms with Gasteiger partial charge in [0.2, 0.25) is 5.91 Å². The molecule has 1 aromatic carbocycles. The van der Waals surface area contributed by atoms with E-state index in [0.29, 0.717) is 25.8 Å². The molecule has 8 nitrogen and oxygen atoms in total. The molecule has 0 bridgehead atoms. The van der Waals surface area contributed by atoms with Gasteiger partial charge in [-0.05, 0) is 31.9 Å². The first-order chi connectivity index (χ1) is 13.1. The normalized spacial score (nSPS) is 15.9. The first-order valence-electron chi connectivity index (χ1n) is 9.00. The molecule has 27 heavy (non-hydrogen) atoms. The average molecular weight is 375 g/mol. The standard InChI is InChI=1S/C19H25N3O5/c1-3-27-19(25)15-13-16(22(21-15)14-9-5-4-6-10-14)18(24)20-12-8-7-11-17(23)26-2/h4-6,9-10,16H,3,7-8,11-13H2,1-2H3,(H,20,24)/t16-/m0/s1. The van der Waals surface area contributed by atoms with Crippen LogP contribution in [0.4, 0.5) is 5.69 Å². The zero-order chi connectivity index (χ0) is 19.6. The highest BCUT2D eigenvalue weighted by Crippen LogP contribution is 2.25. The summed E-state index contributed by atoms with van der Waals surface area (Å²) in [5.74, 6) is -0.994. The predicted molar refractivity (Wildman–Crippen MR) is 100 cm³/mol. The Morgan fingerprint density at radius 1 is 1.22 bits per heavy atom. The third-order valence-corrected chi connectivity index (χ3v) is 4.08. The quantitative estimate of drug-likeness (QED) is 0.521. The Morgan fingerprint density at radius 3 is 2.63 bits per heavy atom. The van der Waals surface area contributed by atoms with Crippen LogP contribution in [0.15, 0.2) is 35.4 Å². The number of carbonyl (C=O) groups excluding carboxylic acids is 3. The molecule has 146 valence electrons. The monoisotopic (exact) mass is 375 g/mol. The van der Waals surface area contributed by atoms with Crippen LogP contribution >= 0.6 is 0 Å². The fourth-order valence-corrected chi connectivity index (χ4v) is 2.70. The topological polar surface area (TPSA) is 97.3 Å². The highest BCUT2D eigenvalue weighted by Gasteiger charge is 2.36. The Bertz CT molecular complexity index is 690. The number of methoxy groups -OCH3 is 1. The minimum Gasteiger partial charge on any atom is -0.469 e. The third-order valence-electron chi connectivity index (χ3n) is 4.08. The second kappa shape index (κ2) is 10.3. The van der Waals surface area contributed by atoms with Gasteiger partial charge in [0.05, 0.1) is 19.4 Å². The maximum atomic E-state index is 12.6. The van der Waals surface area contributed by atoms with Crippen molar-refractivity contribution in [2.24, 2.45) is 5.10 Å². The van der Waals surface area contributed by atoms with E-state index in [9.17, 15) is 14.4 Å². The lowest BCUT2D eigenvalue weighted by Gasteiger charge is -2.22. The molecule has 1 N–H and O–H groups in total. The fraction of sp³-hybridized carbons (Fsp3) is 0.474. The van der Waals surface area contributed by atoms with E-state index in [0.717, 1.165) is 5.69 Å². The first-order valence-corrected chi connectivity index (χ1v) is 9.00. The van der Waals surface area contributed by atoms with Crippen molar-refractivity contribution in [1.82, 2.24) is 5.32 Å². The van der Waals surface area contributed by atoms with Crippen molar-refractivity contribution in [2.45, 2.75) is 38.6 Å². The number of ether oxygens (including phenoxy) is 2. The molecule has 0 saturated carbocycles. The summed E-state index contributed by atoms with van der Waals surface area (Å²) in [4.78, 5) is 35.8. The number of nitrogens with one attached hydrogen (secondary N) is 1. The van der Waals surface area contributed by atoms with Gasteiger partial charge in [-0.1, -0.05) is 18.2 Å². The number of benzene rings is 1. The molecule has 8 heteroatoms. The lowest BCUT2D eigenvalue weighted by atomic mass is 10.1. The van der Waals surface area contributed by atoms with Crippen LogP contribution in [-0.2, 0) is 23.9 Å². The minimum atomic E-state index is -0.618. The van der Waals surface area contributed by atoms with E-state index in [2.05, 4.69) is 15.2 Å². The maximum Gasteiger partial charge on any atom is 0.354 e. The molecule has 0 saturated heterocycles. The van der Waals surface area contributed by atoms with Crippen molar-refractivity contribution in [3.8, 4) is 0 Å².